The van der Waals surface area contributed by atoms with Crippen molar-refractivity contribution in [2.45, 2.75) is 26.3 Å². The minimum atomic E-state index is -0.570. The topological polar surface area (TPSA) is 78.3 Å². The highest BCUT2D eigenvalue weighted by molar-refractivity contribution is 5.23. The van der Waals surface area contributed by atoms with Crippen LogP contribution in [0.25, 0.3) is 0 Å². The lowest BCUT2D eigenvalue weighted by Gasteiger charge is -2.20. The van der Waals surface area contributed by atoms with Gasteiger partial charge in [0.25, 0.3) is 5.56 Å². The fourth-order valence-electron chi connectivity index (χ4n) is 1.91. The highest BCUT2D eigenvalue weighted by Crippen LogP contribution is 2.16. The van der Waals surface area contributed by atoms with Crippen molar-refractivity contribution in [3.63, 3.8) is 0 Å². The lowest BCUT2D eigenvalue weighted by molar-refractivity contribution is 0.299. The third kappa shape index (κ3) is 2.76. The van der Waals surface area contributed by atoms with E-state index >= 15 is 0 Å². The largest absolute Gasteiger partial charge is 0.494 e. The number of rotatable bonds is 4. The van der Waals surface area contributed by atoms with Crippen molar-refractivity contribution in [2.75, 3.05) is 20.6 Å². The van der Waals surface area contributed by atoms with Gasteiger partial charge in [0.05, 0.1) is 11.6 Å². The summed E-state index contributed by atoms with van der Waals surface area (Å²) in [6.45, 7) is 4.18. The zero-order valence-corrected chi connectivity index (χ0v) is 10.6. The highest BCUT2D eigenvalue weighted by Gasteiger charge is 2.17. The summed E-state index contributed by atoms with van der Waals surface area (Å²) in [7, 11) is 3.76. The zero-order chi connectivity index (χ0) is 13.2. The molecule has 1 aromatic rings. The number of aromatic nitrogens is 2. The SMILES string of the molecule is CCc1c(O)n(C(C)CN(C)C)c(=O)[nH]c1=O. The van der Waals surface area contributed by atoms with E-state index in [1.807, 2.05) is 25.9 Å². The summed E-state index contributed by atoms with van der Waals surface area (Å²) in [6, 6.07) is -0.209. The summed E-state index contributed by atoms with van der Waals surface area (Å²) in [5, 5.41) is 9.96. The first kappa shape index (κ1) is 13.5. The van der Waals surface area contributed by atoms with E-state index in [4.69, 9.17) is 0 Å². The molecule has 1 heterocycles. The van der Waals surface area contributed by atoms with Crippen molar-refractivity contribution >= 4 is 0 Å². The predicted molar refractivity (Wildman–Crippen MR) is 65.6 cm³/mol. The summed E-state index contributed by atoms with van der Waals surface area (Å²) < 4.78 is 1.22. The molecule has 1 atom stereocenters. The van der Waals surface area contributed by atoms with Gasteiger partial charge in [-0.1, -0.05) is 6.92 Å². The molecule has 0 aliphatic heterocycles. The molecule has 0 saturated heterocycles. The molecule has 0 fully saturated rings. The molecular formula is C11H19N3O3. The van der Waals surface area contributed by atoms with Gasteiger partial charge >= 0.3 is 5.69 Å². The van der Waals surface area contributed by atoms with Gasteiger partial charge in [-0.2, -0.15) is 0 Å². The van der Waals surface area contributed by atoms with Crippen molar-refractivity contribution in [3.05, 3.63) is 26.4 Å². The van der Waals surface area contributed by atoms with Crippen LogP contribution in [0, 0.1) is 0 Å². The molecule has 96 valence electrons. The maximum absolute atomic E-state index is 11.7. The quantitative estimate of drug-likeness (QED) is 0.773. The maximum atomic E-state index is 11.7. The molecule has 0 amide bonds. The molecule has 0 aromatic carbocycles. The van der Waals surface area contributed by atoms with Crippen LogP contribution in [0.4, 0.5) is 0 Å². The van der Waals surface area contributed by atoms with Crippen molar-refractivity contribution in [1.82, 2.24) is 14.5 Å². The van der Waals surface area contributed by atoms with Crippen LogP contribution >= 0.6 is 0 Å². The van der Waals surface area contributed by atoms with Gasteiger partial charge in [0.2, 0.25) is 5.88 Å². The van der Waals surface area contributed by atoms with Crippen molar-refractivity contribution < 1.29 is 5.11 Å². The van der Waals surface area contributed by atoms with Gasteiger partial charge in [-0.05, 0) is 27.4 Å². The van der Waals surface area contributed by atoms with E-state index in [2.05, 4.69) is 4.98 Å². The summed E-state index contributed by atoms with van der Waals surface area (Å²) >= 11 is 0. The van der Waals surface area contributed by atoms with E-state index in [1.54, 1.807) is 6.92 Å². The lowest BCUT2D eigenvalue weighted by Crippen LogP contribution is -2.36. The van der Waals surface area contributed by atoms with Crippen LogP contribution in [0.15, 0.2) is 9.59 Å². The van der Waals surface area contributed by atoms with Gasteiger partial charge in [-0.15, -0.1) is 0 Å². The second kappa shape index (κ2) is 5.18. The standard InChI is InChI=1S/C11H19N3O3/c1-5-8-9(15)12-11(17)14(10(8)16)7(2)6-13(3)4/h7,16H,5-6H2,1-4H3,(H,12,15,17). The van der Waals surface area contributed by atoms with E-state index < -0.39 is 11.2 Å². The maximum Gasteiger partial charge on any atom is 0.331 e. The Balaban J connectivity index is 3.33. The van der Waals surface area contributed by atoms with E-state index in [9.17, 15) is 14.7 Å². The van der Waals surface area contributed by atoms with Crippen molar-refractivity contribution in [2.24, 2.45) is 0 Å². The fraction of sp³-hybridized carbons (Fsp3) is 0.636. The Morgan fingerprint density at radius 3 is 2.47 bits per heavy atom. The first-order valence-corrected chi connectivity index (χ1v) is 5.59. The van der Waals surface area contributed by atoms with Crippen molar-refractivity contribution in [3.8, 4) is 5.88 Å². The van der Waals surface area contributed by atoms with E-state index in [-0.39, 0.29) is 17.5 Å². The van der Waals surface area contributed by atoms with E-state index in [0.29, 0.717) is 13.0 Å². The molecule has 1 rings (SSSR count). The number of likely N-dealkylation sites (N-methyl/N-ethyl adjacent to an activating group) is 1. The molecule has 0 bridgehead atoms. The van der Waals surface area contributed by atoms with Gasteiger partial charge in [0.15, 0.2) is 0 Å². The van der Waals surface area contributed by atoms with E-state index in [0.717, 1.165) is 0 Å². The Labute approximate surface area is 99.5 Å². The molecule has 0 radical (unpaired) electrons. The minimum Gasteiger partial charge on any atom is -0.494 e. The van der Waals surface area contributed by atoms with Crippen molar-refractivity contribution in [1.29, 1.82) is 0 Å². The van der Waals surface area contributed by atoms with E-state index in [1.165, 1.54) is 4.57 Å². The number of nitrogens with one attached hydrogen (secondary N) is 1. The second-order valence-corrected chi connectivity index (χ2v) is 4.40. The first-order chi connectivity index (χ1) is 7.88. The number of H-pyrrole nitrogens is 1. The smallest absolute Gasteiger partial charge is 0.331 e. The molecule has 0 saturated carbocycles. The second-order valence-electron chi connectivity index (χ2n) is 4.40. The van der Waals surface area contributed by atoms with Gasteiger partial charge in [-0.25, -0.2) is 4.79 Å². The molecule has 1 unspecified atom stereocenters. The minimum absolute atomic E-state index is 0.209. The number of hydrogen-bond donors (Lipinski definition) is 2. The molecular weight excluding hydrogens is 222 g/mol. The molecule has 17 heavy (non-hydrogen) atoms. The van der Waals surface area contributed by atoms with Crippen LogP contribution < -0.4 is 11.2 Å². The van der Waals surface area contributed by atoms with Crippen LogP contribution in [-0.2, 0) is 6.42 Å². The molecule has 6 nitrogen and oxygen atoms in total. The Bertz CT molecular complexity index is 502. The average Bonchev–Trinajstić information content (AvgIpc) is 2.15. The Morgan fingerprint density at radius 2 is 2.00 bits per heavy atom. The number of aromatic amines is 1. The van der Waals surface area contributed by atoms with Crippen LogP contribution in [-0.4, -0.2) is 40.2 Å². The molecule has 0 aliphatic carbocycles. The lowest BCUT2D eigenvalue weighted by atomic mass is 10.2. The molecule has 0 aliphatic rings. The Hall–Kier alpha value is -1.56. The van der Waals surface area contributed by atoms with Gasteiger partial charge in [0.1, 0.15) is 0 Å². The summed E-state index contributed by atoms with van der Waals surface area (Å²) in [5.41, 5.74) is -0.836. The molecule has 0 spiro atoms. The van der Waals surface area contributed by atoms with Crippen LogP contribution in [0.1, 0.15) is 25.5 Å². The Morgan fingerprint density at radius 1 is 1.41 bits per heavy atom. The summed E-state index contributed by atoms with van der Waals surface area (Å²) in [6.07, 6.45) is 0.385. The zero-order valence-electron chi connectivity index (χ0n) is 10.6. The predicted octanol–water partition coefficient (Wildman–Crippen LogP) is -0.0728. The number of aromatic hydroxyl groups is 1. The molecule has 1 aromatic heterocycles. The summed E-state index contributed by atoms with van der Waals surface area (Å²) in [5.74, 6) is -0.226. The first-order valence-electron chi connectivity index (χ1n) is 5.59. The number of hydrogen-bond acceptors (Lipinski definition) is 4. The molecule has 6 heteroatoms. The monoisotopic (exact) mass is 241 g/mol. The highest BCUT2D eigenvalue weighted by atomic mass is 16.3. The third-order valence-corrected chi connectivity index (χ3v) is 2.64. The van der Waals surface area contributed by atoms with Gasteiger partial charge in [-0.3, -0.25) is 14.3 Å². The van der Waals surface area contributed by atoms with Gasteiger partial charge < -0.3 is 10.0 Å². The van der Waals surface area contributed by atoms with Gasteiger partial charge in [0, 0.05) is 6.54 Å². The normalized spacial score (nSPS) is 13.0. The van der Waals surface area contributed by atoms with Crippen LogP contribution in [0.5, 0.6) is 5.88 Å². The summed E-state index contributed by atoms with van der Waals surface area (Å²) in [4.78, 5) is 27.3. The molecule has 2 N–H and O–H groups in total. The fourth-order valence-corrected chi connectivity index (χ4v) is 1.91. The Kier molecular flexibility index (Phi) is 4.11. The van der Waals surface area contributed by atoms with Crippen LogP contribution in [0.3, 0.4) is 0 Å². The van der Waals surface area contributed by atoms with Crippen LogP contribution in [0.2, 0.25) is 0 Å². The third-order valence-electron chi connectivity index (χ3n) is 2.64. The average molecular weight is 241 g/mol. The number of nitrogens with zero attached hydrogens (tertiary/aromatic N) is 2.